The fraction of sp³-hybridized carbons (Fsp3) is 0.308. The molecular formula is C13H19N. The zero-order valence-corrected chi connectivity index (χ0v) is 9.49. The van der Waals surface area contributed by atoms with Crippen LogP contribution in [-0.2, 0) is 0 Å². The molecule has 0 aliphatic heterocycles. The van der Waals surface area contributed by atoms with E-state index in [0.717, 1.165) is 5.52 Å². The number of pyridine rings is 1. The van der Waals surface area contributed by atoms with Crippen molar-refractivity contribution < 1.29 is 0 Å². The largest absolute Gasteiger partial charge is 0.256 e. The van der Waals surface area contributed by atoms with E-state index >= 15 is 0 Å². The third-order valence-electron chi connectivity index (χ3n) is 1.51. The maximum absolute atomic E-state index is 4.18. The number of aromatic nitrogens is 1. The Balaban J connectivity index is 0.000000379. The van der Waals surface area contributed by atoms with E-state index in [0.29, 0.717) is 0 Å². The number of fused-ring (bicyclic) bond motifs is 1. The summed E-state index contributed by atoms with van der Waals surface area (Å²) in [7, 11) is 0. The van der Waals surface area contributed by atoms with Gasteiger partial charge in [0.2, 0.25) is 0 Å². The van der Waals surface area contributed by atoms with Crippen LogP contribution in [0.15, 0.2) is 42.6 Å². The Hall–Kier alpha value is -1.37. The van der Waals surface area contributed by atoms with Crippen LogP contribution in [0.25, 0.3) is 10.9 Å². The number of nitrogens with zero attached hydrogens (tertiary/aromatic N) is 1. The van der Waals surface area contributed by atoms with Gasteiger partial charge >= 0.3 is 0 Å². The van der Waals surface area contributed by atoms with E-state index in [2.05, 4.69) is 17.1 Å². The van der Waals surface area contributed by atoms with E-state index in [9.17, 15) is 0 Å². The SMILES string of the molecule is CC.CC.c1ccc2ncccc2c1. The molecule has 0 saturated carbocycles. The standard InChI is InChI=1S/C9H7N.2C2H6/c1-2-6-9-8(4-1)5-3-7-10-9;2*1-2/h1-7H;2*1-2H3. The minimum absolute atomic E-state index is 1.06. The molecule has 0 aliphatic carbocycles. The Morgan fingerprint density at radius 1 is 0.786 bits per heavy atom. The van der Waals surface area contributed by atoms with E-state index in [1.165, 1.54) is 5.39 Å². The highest BCUT2D eigenvalue weighted by molar-refractivity contribution is 5.77. The summed E-state index contributed by atoms with van der Waals surface area (Å²) in [4.78, 5) is 4.18. The van der Waals surface area contributed by atoms with Crippen LogP contribution in [-0.4, -0.2) is 4.98 Å². The first kappa shape index (κ1) is 12.6. The summed E-state index contributed by atoms with van der Waals surface area (Å²) >= 11 is 0. The van der Waals surface area contributed by atoms with Gasteiger partial charge in [0.25, 0.3) is 0 Å². The summed E-state index contributed by atoms with van der Waals surface area (Å²) in [6.45, 7) is 8.00. The van der Waals surface area contributed by atoms with Gasteiger partial charge in [-0.3, -0.25) is 4.98 Å². The van der Waals surface area contributed by atoms with E-state index < -0.39 is 0 Å². The minimum Gasteiger partial charge on any atom is -0.256 e. The van der Waals surface area contributed by atoms with Crippen LogP contribution in [0.3, 0.4) is 0 Å². The predicted molar refractivity (Wildman–Crippen MR) is 64.4 cm³/mol. The van der Waals surface area contributed by atoms with Crippen LogP contribution in [0.4, 0.5) is 0 Å². The van der Waals surface area contributed by atoms with E-state index in [-0.39, 0.29) is 0 Å². The smallest absolute Gasteiger partial charge is 0.0701 e. The van der Waals surface area contributed by atoms with Crippen LogP contribution in [0.2, 0.25) is 0 Å². The molecule has 1 heterocycles. The van der Waals surface area contributed by atoms with Gasteiger partial charge in [-0.05, 0) is 12.1 Å². The zero-order chi connectivity index (χ0) is 10.8. The molecule has 1 heteroatoms. The normalized spacial score (nSPS) is 8.00. The van der Waals surface area contributed by atoms with Gasteiger partial charge in [-0.25, -0.2) is 0 Å². The Bertz CT molecular complexity index is 276. The zero-order valence-electron chi connectivity index (χ0n) is 9.49. The topological polar surface area (TPSA) is 12.9 Å². The second-order valence-corrected chi connectivity index (χ2v) is 2.20. The number of hydrogen-bond donors (Lipinski definition) is 0. The molecule has 0 unspecified atom stereocenters. The molecule has 76 valence electrons. The van der Waals surface area contributed by atoms with Crippen LogP contribution in [0.1, 0.15) is 27.7 Å². The first-order chi connectivity index (χ1) is 6.97. The molecule has 14 heavy (non-hydrogen) atoms. The first-order valence-corrected chi connectivity index (χ1v) is 5.26. The molecule has 0 fully saturated rings. The number of rotatable bonds is 0. The average Bonchev–Trinajstić information content (AvgIpc) is 2.34. The third kappa shape index (κ3) is 3.56. The van der Waals surface area contributed by atoms with Crippen molar-refractivity contribution >= 4 is 10.9 Å². The molecule has 1 aromatic heterocycles. The maximum Gasteiger partial charge on any atom is 0.0701 e. The highest BCUT2D eigenvalue weighted by Gasteiger charge is 1.86. The summed E-state index contributed by atoms with van der Waals surface area (Å²) in [5.41, 5.74) is 1.06. The van der Waals surface area contributed by atoms with Gasteiger partial charge in [-0.15, -0.1) is 0 Å². The van der Waals surface area contributed by atoms with Gasteiger partial charge in [0.05, 0.1) is 5.52 Å². The summed E-state index contributed by atoms with van der Waals surface area (Å²) < 4.78 is 0. The van der Waals surface area contributed by atoms with Crippen molar-refractivity contribution in [3.8, 4) is 0 Å². The monoisotopic (exact) mass is 189 g/mol. The van der Waals surface area contributed by atoms with Crippen LogP contribution in [0, 0.1) is 0 Å². The third-order valence-corrected chi connectivity index (χ3v) is 1.51. The molecule has 0 atom stereocenters. The van der Waals surface area contributed by atoms with Gasteiger partial charge in [-0.2, -0.15) is 0 Å². The van der Waals surface area contributed by atoms with Crippen molar-refractivity contribution in [2.75, 3.05) is 0 Å². The Morgan fingerprint density at radius 2 is 1.36 bits per heavy atom. The summed E-state index contributed by atoms with van der Waals surface area (Å²) in [5, 5.41) is 1.20. The first-order valence-electron chi connectivity index (χ1n) is 5.26. The molecule has 0 amide bonds. The van der Waals surface area contributed by atoms with Gasteiger partial charge < -0.3 is 0 Å². The van der Waals surface area contributed by atoms with Gasteiger partial charge in [0.15, 0.2) is 0 Å². The number of benzene rings is 1. The second-order valence-electron chi connectivity index (χ2n) is 2.20. The summed E-state index contributed by atoms with van der Waals surface area (Å²) in [5.74, 6) is 0. The lowest BCUT2D eigenvalue weighted by Gasteiger charge is -1.91. The lowest BCUT2D eigenvalue weighted by Crippen LogP contribution is -1.73. The van der Waals surface area contributed by atoms with Gasteiger partial charge in [0, 0.05) is 11.6 Å². The van der Waals surface area contributed by atoms with Crippen molar-refractivity contribution in [1.29, 1.82) is 0 Å². The van der Waals surface area contributed by atoms with E-state index in [4.69, 9.17) is 0 Å². The van der Waals surface area contributed by atoms with Crippen molar-refractivity contribution in [3.05, 3.63) is 42.6 Å². The summed E-state index contributed by atoms with van der Waals surface area (Å²) in [6.07, 6.45) is 1.81. The highest BCUT2D eigenvalue weighted by Crippen LogP contribution is 2.07. The lowest BCUT2D eigenvalue weighted by molar-refractivity contribution is 1.41. The Kier molecular flexibility index (Phi) is 7.43. The van der Waals surface area contributed by atoms with Crippen LogP contribution < -0.4 is 0 Å². The molecule has 2 rings (SSSR count). The van der Waals surface area contributed by atoms with E-state index in [1.54, 1.807) is 0 Å². The fourth-order valence-electron chi connectivity index (χ4n) is 1.02. The summed E-state index contributed by atoms with van der Waals surface area (Å²) in [6, 6.07) is 12.1. The molecule has 0 radical (unpaired) electrons. The van der Waals surface area contributed by atoms with Crippen LogP contribution >= 0.6 is 0 Å². The molecule has 1 aromatic carbocycles. The molecule has 0 N–H and O–H groups in total. The predicted octanol–water partition coefficient (Wildman–Crippen LogP) is 4.29. The maximum atomic E-state index is 4.18. The molecule has 0 aliphatic rings. The molecular weight excluding hydrogens is 170 g/mol. The molecule has 0 bridgehead atoms. The highest BCUT2D eigenvalue weighted by atomic mass is 14.6. The van der Waals surface area contributed by atoms with Crippen LogP contribution in [0.5, 0.6) is 0 Å². The van der Waals surface area contributed by atoms with Crippen molar-refractivity contribution in [2.45, 2.75) is 27.7 Å². The van der Waals surface area contributed by atoms with Crippen molar-refractivity contribution in [2.24, 2.45) is 0 Å². The fourth-order valence-corrected chi connectivity index (χ4v) is 1.02. The molecule has 2 aromatic rings. The number of para-hydroxylation sites is 1. The van der Waals surface area contributed by atoms with Crippen molar-refractivity contribution in [1.82, 2.24) is 4.98 Å². The van der Waals surface area contributed by atoms with Gasteiger partial charge in [0.1, 0.15) is 0 Å². The minimum atomic E-state index is 1.06. The van der Waals surface area contributed by atoms with Crippen molar-refractivity contribution in [3.63, 3.8) is 0 Å². The Morgan fingerprint density at radius 3 is 2.00 bits per heavy atom. The van der Waals surface area contributed by atoms with E-state index in [1.807, 2.05) is 58.2 Å². The molecule has 0 spiro atoms. The average molecular weight is 189 g/mol. The molecule has 0 saturated heterocycles. The quantitative estimate of drug-likeness (QED) is 0.602. The second kappa shape index (κ2) is 8.24. The Labute approximate surface area is 86.8 Å². The number of hydrogen-bond acceptors (Lipinski definition) is 1. The molecule has 1 nitrogen and oxygen atoms in total. The van der Waals surface area contributed by atoms with Gasteiger partial charge in [-0.1, -0.05) is 52.0 Å². The lowest BCUT2D eigenvalue weighted by atomic mass is 10.2.